The number of hydrogen-bond donors (Lipinski definition) is 1. The lowest BCUT2D eigenvalue weighted by Crippen LogP contribution is -2.20. The molecule has 1 rings (SSSR count). The fraction of sp³-hybridized carbons (Fsp3) is 0.412. The predicted molar refractivity (Wildman–Crippen MR) is 80.4 cm³/mol. The summed E-state index contributed by atoms with van der Waals surface area (Å²) in [6.07, 6.45) is 4.17. The van der Waals surface area contributed by atoms with E-state index in [-0.39, 0.29) is 0 Å². The van der Waals surface area contributed by atoms with Crippen LogP contribution in [0.15, 0.2) is 54.8 Å². The molecule has 1 unspecified atom stereocenters. The van der Waals surface area contributed by atoms with Gasteiger partial charge in [-0.1, -0.05) is 69.3 Å². The summed E-state index contributed by atoms with van der Waals surface area (Å²) in [5.74, 6) is 0. The van der Waals surface area contributed by atoms with E-state index in [1.54, 1.807) is 0 Å². The highest BCUT2D eigenvalue weighted by atomic mass is 14.9. The van der Waals surface area contributed by atoms with Gasteiger partial charge in [0.05, 0.1) is 6.04 Å². The van der Waals surface area contributed by atoms with Crippen LogP contribution in [-0.4, -0.2) is 0 Å². The Labute approximate surface area is 112 Å². The minimum absolute atomic E-state index is 0.303. The standard InChI is InChI=1S/C17H25N/c1-5-10-15(4)18-17(13-14(3)6-2)16-11-8-7-9-12-16/h7-9,11-12,17-18H,3-6,10,13H2,1-2H3. The van der Waals surface area contributed by atoms with Crippen molar-refractivity contribution in [1.82, 2.24) is 5.32 Å². The summed E-state index contributed by atoms with van der Waals surface area (Å²) in [6.45, 7) is 12.6. The minimum atomic E-state index is 0.303. The zero-order valence-electron chi connectivity index (χ0n) is 11.7. The SMILES string of the molecule is C=C(CC)CC(NC(=C)CCC)c1ccccc1. The second kappa shape index (κ2) is 7.75. The van der Waals surface area contributed by atoms with E-state index in [0.717, 1.165) is 31.4 Å². The summed E-state index contributed by atoms with van der Waals surface area (Å²) in [5.41, 5.74) is 3.71. The highest BCUT2D eigenvalue weighted by molar-refractivity contribution is 5.22. The largest absolute Gasteiger partial charge is 0.382 e. The van der Waals surface area contributed by atoms with Gasteiger partial charge in [0.25, 0.3) is 0 Å². The molecule has 0 aliphatic rings. The molecule has 1 N–H and O–H groups in total. The summed E-state index contributed by atoms with van der Waals surface area (Å²) in [5, 5.41) is 3.54. The quantitative estimate of drug-likeness (QED) is 0.634. The summed E-state index contributed by atoms with van der Waals surface area (Å²) in [7, 11) is 0. The maximum Gasteiger partial charge on any atom is 0.0547 e. The Morgan fingerprint density at radius 2 is 1.83 bits per heavy atom. The highest BCUT2D eigenvalue weighted by Crippen LogP contribution is 2.23. The molecule has 1 nitrogen and oxygen atoms in total. The molecular formula is C17H25N. The van der Waals surface area contributed by atoms with Crippen molar-refractivity contribution in [2.75, 3.05) is 0 Å². The van der Waals surface area contributed by atoms with Crippen LogP contribution in [0.4, 0.5) is 0 Å². The molecule has 18 heavy (non-hydrogen) atoms. The van der Waals surface area contributed by atoms with Gasteiger partial charge in [0.1, 0.15) is 0 Å². The first-order valence-electron chi connectivity index (χ1n) is 6.83. The first kappa shape index (κ1) is 14.6. The third-order valence-corrected chi connectivity index (χ3v) is 3.12. The van der Waals surface area contributed by atoms with Crippen LogP contribution in [0.2, 0.25) is 0 Å². The van der Waals surface area contributed by atoms with Gasteiger partial charge < -0.3 is 5.32 Å². The first-order valence-corrected chi connectivity index (χ1v) is 6.83. The number of benzene rings is 1. The summed E-state index contributed by atoms with van der Waals surface area (Å²) < 4.78 is 0. The van der Waals surface area contributed by atoms with Crippen molar-refractivity contribution >= 4 is 0 Å². The molecule has 0 fully saturated rings. The van der Waals surface area contributed by atoms with Crippen LogP contribution in [-0.2, 0) is 0 Å². The predicted octanol–water partition coefficient (Wildman–Crippen LogP) is 4.99. The van der Waals surface area contributed by atoms with Crippen molar-refractivity contribution in [2.24, 2.45) is 0 Å². The molecule has 1 aromatic rings. The van der Waals surface area contributed by atoms with Crippen LogP contribution in [0.25, 0.3) is 0 Å². The average Bonchev–Trinajstić information content (AvgIpc) is 2.39. The molecule has 0 aliphatic carbocycles. The van der Waals surface area contributed by atoms with Crippen LogP contribution in [0.3, 0.4) is 0 Å². The normalized spacial score (nSPS) is 11.9. The average molecular weight is 243 g/mol. The van der Waals surface area contributed by atoms with E-state index in [2.05, 4.69) is 62.7 Å². The van der Waals surface area contributed by atoms with E-state index in [1.807, 2.05) is 0 Å². The molecular weight excluding hydrogens is 218 g/mol. The zero-order valence-corrected chi connectivity index (χ0v) is 11.7. The van der Waals surface area contributed by atoms with Crippen LogP contribution >= 0.6 is 0 Å². The lowest BCUT2D eigenvalue weighted by Gasteiger charge is -2.22. The second-order valence-electron chi connectivity index (χ2n) is 4.77. The zero-order chi connectivity index (χ0) is 13.4. The van der Waals surface area contributed by atoms with Gasteiger partial charge in [0, 0.05) is 5.70 Å². The molecule has 0 heterocycles. The smallest absolute Gasteiger partial charge is 0.0547 e. The second-order valence-corrected chi connectivity index (χ2v) is 4.77. The Bertz CT molecular complexity index is 378. The molecule has 0 amide bonds. The molecule has 0 spiro atoms. The highest BCUT2D eigenvalue weighted by Gasteiger charge is 2.12. The minimum Gasteiger partial charge on any atom is -0.382 e. The van der Waals surface area contributed by atoms with Crippen molar-refractivity contribution in [3.05, 3.63) is 60.3 Å². The van der Waals surface area contributed by atoms with Gasteiger partial charge >= 0.3 is 0 Å². The van der Waals surface area contributed by atoms with Crippen molar-refractivity contribution in [3.8, 4) is 0 Å². The Balaban J connectivity index is 2.75. The lowest BCUT2D eigenvalue weighted by atomic mass is 9.98. The Morgan fingerprint density at radius 3 is 2.39 bits per heavy atom. The molecule has 1 heteroatoms. The van der Waals surface area contributed by atoms with Gasteiger partial charge in [-0.05, 0) is 24.8 Å². The fourth-order valence-corrected chi connectivity index (χ4v) is 1.99. The third-order valence-electron chi connectivity index (χ3n) is 3.12. The number of hydrogen-bond acceptors (Lipinski definition) is 1. The van der Waals surface area contributed by atoms with E-state index >= 15 is 0 Å². The molecule has 0 bridgehead atoms. The lowest BCUT2D eigenvalue weighted by molar-refractivity contribution is 0.568. The Kier molecular flexibility index (Phi) is 6.27. The van der Waals surface area contributed by atoms with E-state index in [1.165, 1.54) is 11.1 Å². The first-order chi connectivity index (χ1) is 8.67. The molecule has 0 radical (unpaired) electrons. The van der Waals surface area contributed by atoms with Crippen LogP contribution in [0, 0.1) is 0 Å². The number of allylic oxidation sites excluding steroid dienone is 1. The van der Waals surface area contributed by atoms with Crippen molar-refractivity contribution in [1.29, 1.82) is 0 Å². The van der Waals surface area contributed by atoms with Gasteiger partial charge in [-0.15, -0.1) is 0 Å². The maximum absolute atomic E-state index is 4.12. The molecule has 1 aromatic carbocycles. The van der Waals surface area contributed by atoms with Gasteiger partial charge in [-0.25, -0.2) is 0 Å². The van der Waals surface area contributed by atoms with E-state index in [4.69, 9.17) is 0 Å². The van der Waals surface area contributed by atoms with E-state index in [9.17, 15) is 0 Å². The van der Waals surface area contributed by atoms with E-state index in [0.29, 0.717) is 6.04 Å². The van der Waals surface area contributed by atoms with Gasteiger partial charge in [-0.2, -0.15) is 0 Å². The maximum atomic E-state index is 4.12. The van der Waals surface area contributed by atoms with Crippen molar-refractivity contribution in [2.45, 2.75) is 45.6 Å². The van der Waals surface area contributed by atoms with Gasteiger partial charge in [-0.3, -0.25) is 0 Å². The summed E-state index contributed by atoms with van der Waals surface area (Å²) in [4.78, 5) is 0. The molecule has 0 saturated heterocycles. The van der Waals surface area contributed by atoms with Crippen LogP contribution in [0.1, 0.15) is 51.1 Å². The number of nitrogens with one attached hydrogen (secondary N) is 1. The summed E-state index contributed by atoms with van der Waals surface area (Å²) in [6, 6.07) is 10.9. The van der Waals surface area contributed by atoms with Crippen molar-refractivity contribution < 1.29 is 0 Å². The monoisotopic (exact) mass is 243 g/mol. The van der Waals surface area contributed by atoms with E-state index < -0.39 is 0 Å². The fourth-order valence-electron chi connectivity index (χ4n) is 1.99. The molecule has 98 valence electrons. The Morgan fingerprint density at radius 1 is 1.17 bits per heavy atom. The summed E-state index contributed by atoms with van der Waals surface area (Å²) >= 11 is 0. The Hall–Kier alpha value is -1.50. The van der Waals surface area contributed by atoms with Gasteiger partial charge in [0.15, 0.2) is 0 Å². The topological polar surface area (TPSA) is 12.0 Å². The van der Waals surface area contributed by atoms with Gasteiger partial charge in [0.2, 0.25) is 0 Å². The van der Waals surface area contributed by atoms with Crippen LogP contribution < -0.4 is 5.32 Å². The van der Waals surface area contributed by atoms with Crippen LogP contribution in [0.5, 0.6) is 0 Å². The molecule has 1 atom stereocenters. The van der Waals surface area contributed by atoms with Crippen molar-refractivity contribution in [3.63, 3.8) is 0 Å². The third kappa shape index (κ3) is 4.79. The molecule has 0 aromatic heterocycles. The molecule has 0 aliphatic heterocycles. The molecule has 0 saturated carbocycles. The number of rotatable bonds is 8.